The maximum absolute atomic E-state index is 12.6. The van der Waals surface area contributed by atoms with Gasteiger partial charge in [0.1, 0.15) is 6.04 Å². The molecule has 7 nitrogen and oxygen atoms in total. The van der Waals surface area contributed by atoms with Gasteiger partial charge in [0.25, 0.3) is 0 Å². The van der Waals surface area contributed by atoms with E-state index in [0.29, 0.717) is 18.5 Å². The molecule has 1 aliphatic rings. The van der Waals surface area contributed by atoms with Crippen LogP contribution in [0, 0.1) is 0 Å². The van der Waals surface area contributed by atoms with Crippen molar-refractivity contribution in [2.75, 3.05) is 7.05 Å². The molecule has 0 saturated carbocycles. The van der Waals surface area contributed by atoms with Crippen LogP contribution in [0.3, 0.4) is 0 Å². The van der Waals surface area contributed by atoms with Crippen molar-refractivity contribution in [3.8, 4) is 0 Å². The zero-order valence-corrected chi connectivity index (χ0v) is 12.5. The number of Topliss-reactive ketones (excluding diaryl/α,β-unsaturated/α-hetero) is 1. The fourth-order valence-electron chi connectivity index (χ4n) is 2.92. The van der Waals surface area contributed by atoms with Gasteiger partial charge in [-0.05, 0) is 11.1 Å². The van der Waals surface area contributed by atoms with E-state index < -0.39 is 12.0 Å². The lowest BCUT2D eigenvalue weighted by molar-refractivity contribution is -0.117. The molecule has 1 N–H and O–H groups in total. The predicted octanol–water partition coefficient (Wildman–Crippen LogP) is 1.15. The minimum absolute atomic E-state index is 0.115. The minimum atomic E-state index is -1.16. The Morgan fingerprint density at radius 3 is 3.00 bits per heavy atom. The molecule has 7 heteroatoms. The quantitative estimate of drug-likeness (QED) is 0.836. The highest BCUT2D eigenvalue weighted by Gasteiger charge is 2.34. The summed E-state index contributed by atoms with van der Waals surface area (Å²) in [5.74, 6) is -1.42. The van der Waals surface area contributed by atoms with E-state index in [1.54, 1.807) is 13.1 Å². The van der Waals surface area contributed by atoms with Gasteiger partial charge in [-0.3, -0.25) is 9.59 Å². The Labute approximate surface area is 132 Å². The van der Waals surface area contributed by atoms with Crippen molar-refractivity contribution in [3.63, 3.8) is 0 Å². The van der Waals surface area contributed by atoms with Gasteiger partial charge in [-0.2, -0.15) is 0 Å². The second-order valence-corrected chi connectivity index (χ2v) is 5.56. The fraction of sp³-hybridized carbons (Fsp3) is 0.250. The summed E-state index contributed by atoms with van der Waals surface area (Å²) in [6.45, 7) is 0.459. The van der Waals surface area contributed by atoms with Crippen molar-refractivity contribution in [1.29, 1.82) is 0 Å². The summed E-state index contributed by atoms with van der Waals surface area (Å²) in [5, 5.41) is 9.16. The first-order valence-corrected chi connectivity index (χ1v) is 7.09. The zero-order chi connectivity index (χ0) is 16.6. The van der Waals surface area contributed by atoms with Crippen LogP contribution in [-0.2, 0) is 17.8 Å². The summed E-state index contributed by atoms with van der Waals surface area (Å²) in [5.41, 5.74) is 2.38. The van der Waals surface area contributed by atoms with E-state index in [-0.39, 0.29) is 11.6 Å². The normalized spacial score (nSPS) is 16.2. The Balaban J connectivity index is 1.91. The monoisotopic (exact) mass is 313 g/mol. The third-order valence-electron chi connectivity index (χ3n) is 3.96. The summed E-state index contributed by atoms with van der Waals surface area (Å²) >= 11 is 0. The molecule has 1 amide bonds. The Kier molecular flexibility index (Phi) is 3.69. The van der Waals surface area contributed by atoms with Crippen LogP contribution < -0.4 is 0 Å². The van der Waals surface area contributed by atoms with Gasteiger partial charge in [-0.15, -0.1) is 0 Å². The summed E-state index contributed by atoms with van der Waals surface area (Å²) in [6, 6.07) is 4.86. The lowest BCUT2D eigenvalue weighted by atomic mass is 10.1. The maximum atomic E-state index is 12.6. The van der Waals surface area contributed by atoms with Crippen LogP contribution in [0.2, 0.25) is 0 Å². The van der Waals surface area contributed by atoms with Gasteiger partial charge in [0.05, 0.1) is 0 Å². The highest BCUT2D eigenvalue weighted by molar-refractivity contribution is 6.04. The van der Waals surface area contributed by atoms with Crippen LogP contribution in [0.1, 0.15) is 38.1 Å². The van der Waals surface area contributed by atoms with E-state index in [0.717, 1.165) is 17.5 Å². The van der Waals surface area contributed by atoms with Gasteiger partial charge in [0, 0.05) is 38.0 Å². The number of hydrogen-bond donors (Lipinski definition) is 1. The average molecular weight is 313 g/mol. The van der Waals surface area contributed by atoms with Crippen molar-refractivity contribution in [1.82, 2.24) is 14.5 Å². The lowest BCUT2D eigenvalue weighted by Crippen LogP contribution is -2.19. The topological polar surface area (TPSA) is 92.5 Å². The second-order valence-electron chi connectivity index (χ2n) is 5.56. The number of imidazole rings is 1. The number of aromatic nitrogens is 2. The second kappa shape index (κ2) is 5.68. The molecule has 3 rings (SSSR count). The Hall–Kier alpha value is -2.96. The third kappa shape index (κ3) is 2.61. The number of hydrogen-bond acceptors (Lipinski definition) is 4. The zero-order valence-electron chi connectivity index (χ0n) is 12.5. The molecule has 0 aliphatic heterocycles. The van der Waals surface area contributed by atoms with Gasteiger partial charge in [0.15, 0.2) is 5.78 Å². The van der Waals surface area contributed by atoms with Gasteiger partial charge in [0.2, 0.25) is 12.2 Å². The molecule has 0 bridgehead atoms. The summed E-state index contributed by atoms with van der Waals surface area (Å²) in [7, 11) is 1.68. The number of aromatic carboxylic acids is 1. The van der Waals surface area contributed by atoms with E-state index in [4.69, 9.17) is 5.11 Å². The molecule has 0 fully saturated rings. The third-order valence-corrected chi connectivity index (χ3v) is 3.96. The number of ketones is 1. The first kappa shape index (κ1) is 15.0. The largest absolute Gasteiger partial charge is 0.475 e. The molecule has 2 aromatic rings. The van der Waals surface area contributed by atoms with Crippen molar-refractivity contribution in [2.24, 2.45) is 0 Å². The molecule has 1 atom stereocenters. The average Bonchev–Trinajstić information content (AvgIpc) is 3.12. The highest BCUT2D eigenvalue weighted by Crippen LogP contribution is 2.31. The maximum Gasteiger partial charge on any atom is 0.372 e. The van der Waals surface area contributed by atoms with Crippen LogP contribution in [0.5, 0.6) is 0 Å². The molecule has 1 aromatic carbocycles. The molecular formula is C16H15N3O4. The van der Waals surface area contributed by atoms with E-state index in [9.17, 15) is 14.4 Å². The first-order valence-electron chi connectivity index (χ1n) is 7.09. The molecular weight excluding hydrogens is 298 g/mol. The van der Waals surface area contributed by atoms with Gasteiger partial charge in [-0.25, -0.2) is 9.78 Å². The number of carbonyl (C=O) groups is 3. The Morgan fingerprint density at radius 1 is 1.52 bits per heavy atom. The molecule has 23 heavy (non-hydrogen) atoms. The molecule has 0 saturated heterocycles. The summed E-state index contributed by atoms with van der Waals surface area (Å²) < 4.78 is 1.40. The Bertz CT molecular complexity index is 796. The number of carbonyl (C=O) groups excluding carboxylic acids is 2. The van der Waals surface area contributed by atoms with Gasteiger partial charge >= 0.3 is 5.97 Å². The summed E-state index contributed by atoms with van der Waals surface area (Å²) in [6.07, 6.45) is 4.05. The van der Waals surface area contributed by atoms with Crippen LogP contribution in [0.4, 0.5) is 0 Å². The van der Waals surface area contributed by atoms with E-state index in [2.05, 4.69) is 4.98 Å². The number of fused-ring (bicyclic) bond motifs is 1. The molecule has 0 radical (unpaired) electrons. The first-order chi connectivity index (χ1) is 11.0. The molecule has 1 heterocycles. The van der Waals surface area contributed by atoms with E-state index in [1.807, 2.05) is 12.1 Å². The number of benzene rings is 1. The molecule has 0 spiro atoms. The van der Waals surface area contributed by atoms with Crippen LogP contribution in [0.15, 0.2) is 30.6 Å². The number of carboxylic acids is 1. The molecule has 1 aromatic heterocycles. The minimum Gasteiger partial charge on any atom is -0.475 e. The van der Waals surface area contributed by atoms with E-state index in [1.165, 1.54) is 21.9 Å². The standard InChI is InChI=1S/C16H15N3O4/c1-18(9-20)8-10-2-3-12-11(6-10)7-13(14(12)21)19-5-4-17-15(19)16(22)23/h2-6,9,13H,7-8H2,1H3,(H,22,23). The van der Waals surface area contributed by atoms with Crippen LogP contribution >= 0.6 is 0 Å². The lowest BCUT2D eigenvalue weighted by Gasteiger charge is -2.11. The SMILES string of the molecule is CN(C=O)Cc1ccc2c(c1)CC(n1ccnc1C(=O)O)C2=O. The van der Waals surface area contributed by atoms with Crippen molar-refractivity contribution in [2.45, 2.75) is 19.0 Å². The van der Waals surface area contributed by atoms with Gasteiger partial charge < -0.3 is 14.6 Å². The highest BCUT2D eigenvalue weighted by atomic mass is 16.4. The number of amides is 1. The fourth-order valence-corrected chi connectivity index (χ4v) is 2.92. The number of nitrogens with zero attached hydrogens (tertiary/aromatic N) is 3. The smallest absolute Gasteiger partial charge is 0.372 e. The van der Waals surface area contributed by atoms with Crippen molar-refractivity contribution < 1.29 is 19.5 Å². The van der Waals surface area contributed by atoms with Crippen molar-refractivity contribution >= 4 is 18.2 Å². The van der Waals surface area contributed by atoms with E-state index >= 15 is 0 Å². The summed E-state index contributed by atoms with van der Waals surface area (Å²) in [4.78, 5) is 39.8. The Morgan fingerprint density at radius 2 is 2.30 bits per heavy atom. The molecule has 1 aliphatic carbocycles. The van der Waals surface area contributed by atoms with Crippen LogP contribution in [-0.4, -0.2) is 44.8 Å². The number of rotatable bonds is 5. The van der Waals surface area contributed by atoms with Gasteiger partial charge in [-0.1, -0.05) is 18.2 Å². The predicted molar refractivity (Wildman–Crippen MR) is 80.2 cm³/mol. The molecule has 118 valence electrons. The number of carboxylic acid groups (broad SMARTS) is 1. The van der Waals surface area contributed by atoms with Crippen molar-refractivity contribution in [3.05, 3.63) is 53.1 Å². The van der Waals surface area contributed by atoms with Crippen LogP contribution in [0.25, 0.3) is 0 Å². The molecule has 1 unspecified atom stereocenters.